The van der Waals surface area contributed by atoms with Gasteiger partial charge in [-0.3, -0.25) is 4.57 Å². The van der Waals surface area contributed by atoms with Crippen molar-refractivity contribution >= 4 is 14.5 Å². The molecule has 162 valence electrons. The lowest BCUT2D eigenvalue weighted by Crippen LogP contribution is -2.36. The zero-order valence-electron chi connectivity index (χ0n) is 17.1. The second-order valence-corrected chi connectivity index (χ2v) is 8.55. The fraction of sp³-hybridized carbons (Fsp3) is 0.765. The highest BCUT2D eigenvalue weighted by molar-refractivity contribution is 7.44. The van der Waals surface area contributed by atoms with E-state index in [0.29, 0.717) is 6.42 Å². The summed E-state index contributed by atoms with van der Waals surface area (Å²) in [6, 6.07) is 2.34. The molecule has 0 radical (unpaired) electrons. The highest BCUT2D eigenvalue weighted by Crippen LogP contribution is 2.49. The number of rotatable bonds is 10. The SMILES string of the molecule is CC(C)N(C(C)C)P(OCCC#N)O[C@H]1C[C@H](n2cnc(N)nc2=O)O[C@@H]1CO. The fourth-order valence-corrected chi connectivity index (χ4v) is 4.87. The molecule has 1 aliphatic heterocycles. The van der Waals surface area contributed by atoms with Crippen LogP contribution in [0.4, 0.5) is 5.95 Å². The summed E-state index contributed by atoms with van der Waals surface area (Å²) in [6.45, 7) is 8.11. The number of hydrogen-bond donors (Lipinski definition) is 2. The molecule has 0 spiro atoms. The van der Waals surface area contributed by atoms with Gasteiger partial charge in [-0.25, -0.2) is 14.4 Å². The molecule has 2 heterocycles. The van der Waals surface area contributed by atoms with Gasteiger partial charge in [0.15, 0.2) is 0 Å². The smallest absolute Gasteiger partial charge is 0.354 e. The van der Waals surface area contributed by atoms with Crippen molar-refractivity contribution in [2.75, 3.05) is 18.9 Å². The van der Waals surface area contributed by atoms with Gasteiger partial charge in [-0.05, 0) is 27.7 Å². The van der Waals surface area contributed by atoms with E-state index in [1.54, 1.807) is 0 Å². The van der Waals surface area contributed by atoms with Gasteiger partial charge in [-0.2, -0.15) is 10.2 Å². The molecule has 29 heavy (non-hydrogen) atoms. The predicted octanol–water partition coefficient (Wildman–Crippen LogP) is 1.16. The molecule has 11 nitrogen and oxygen atoms in total. The first-order chi connectivity index (χ1) is 13.8. The van der Waals surface area contributed by atoms with Crippen LogP contribution in [0.2, 0.25) is 0 Å². The van der Waals surface area contributed by atoms with Crippen LogP contribution in [-0.2, 0) is 13.8 Å². The van der Waals surface area contributed by atoms with Crippen LogP contribution in [0.3, 0.4) is 0 Å². The number of aromatic nitrogens is 3. The Kier molecular flexibility index (Phi) is 8.89. The van der Waals surface area contributed by atoms with Crippen LogP contribution >= 0.6 is 8.53 Å². The highest BCUT2D eigenvalue weighted by Gasteiger charge is 2.41. The van der Waals surface area contributed by atoms with E-state index >= 15 is 0 Å². The van der Waals surface area contributed by atoms with Crippen LogP contribution in [-0.4, -0.2) is 61.8 Å². The maximum absolute atomic E-state index is 12.1. The van der Waals surface area contributed by atoms with Gasteiger partial charge in [0, 0.05) is 18.5 Å². The predicted molar refractivity (Wildman–Crippen MR) is 106 cm³/mol. The molecule has 4 atom stereocenters. The van der Waals surface area contributed by atoms with Gasteiger partial charge in [0.25, 0.3) is 8.53 Å². The molecule has 2 rings (SSSR count). The van der Waals surface area contributed by atoms with Gasteiger partial charge in [0.2, 0.25) is 5.95 Å². The Morgan fingerprint density at radius 3 is 2.72 bits per heavy atom. The molecule has 1 unspecified atom stereocenters. The Morgan fingerprint density at radius 1 is 1.48 bits per heavy atom. The minimum atomic E-state index is -1.51. The van der Waals surface area contributed by atoms with Crippen molar-refractivity contribution in [1.82, 2.24) is 19.2 Å². The van der Waals surface area contributed by atoms with Gasteiger partial charge in [-0.1, -0.05) is 0 Å². The summed E-state index contributed by atoms with van der Waals surface area (Å²) in [5.41, 5.74) is 4.85. The zero-order chi connectivity index (χ0) is 21.6. The lowest BCUT2D eigenvalue weighted by atomic mass is 10.2. The Bertz CT molecular complexity index is 747. The van der Waals surface area contributed by atoms with Gasteiger partial charge >= 0.3 is 5.69 Å². The molecule has 0 aliphatic carbocycles. The second kappa shape index (κ2) is 10.9. The van der Waals surface area contributed by atoms with E-state index < -0.39 is 32.7 Å². The van der Waals surface area contributed by atoms with E-state index in [9.17, 15) is 9.90 Å². The molecular weight excluding hydrogens is 399 g/mol. The minimum absolute atomic E-state index is 0.116. The van der Waals surface area contributed by atoms with Crippen LogP contribution in [0.15, 0.2) is 11.1 Å². The maximum Gasteiger partial charge on any atom is 0.354 e. The van der Waals surface area contributed by atoms with Crippen molar-refractivity contribution in [3.05, 3.63) is 16.8 Å². The standard InChI is InChI=1S/C17H29N6O5P/c1-11(2)23(12(3)4)29(26-7-5-6-18)28-13-8-15(27-14(13)9-24)22-10-20-16(19)21-17(22)25/h10-15,24H,5,7-9H2,1-4H3,(H2,19,21,25)/t13-,14+,15+,29?/m0/s1. The quantitative estimate of drug-likeness (QED) is 0.411. The maximum atomic E-state index is 12.1. The summed E-state index contributed by atoms with van der Waals surface area (Å²) in [6.07, 6.45) is -0.0152. The Labute approximate surface area is 171 Å². The van der Waals surface area contributed by atoms with Crippen molar-refractivity contribution < 1.29 is 18.9 Å². The Hall–Kier alpha value is -1.67. The average molecular weight is 428 g/mol. The average Bonchev–Trinajstić information content (AvgIpc) is 3.03. The van der Waals surface area contributed by atoms with Gasteiger partial charge < -0.3 is 24.6 Å². The molecule has 0 bridgehead atoms. The number of nitrogens with zero attached hydrogens (tertiary/aromatic N) is 5. The van der Waals surface area contributed by atoms with E-state index in [2.05, 4.69) is 20.7 Å². The second-order valence-electron chi connectivity index (χ2n) is 7.14. The summed E-state index contributed by atoms with van der Waals surface area (Å²) >= 11 is 0. The monoisotopic (exact) mass is 428 g/mol. The van der Waals surface area contributed by atoms with E-state index in [1.165, 1.54) is 10.9 Å². The summed E-state index contributed by atoms with van der Waals surface area (Å²) in [4.78, 5) is 19.5. The Balaban J connectivity index is 2.19. The lowest BCUT2D eigenvalue weighted by Gasteiger charge is -2.37. The highest BCUT2D eigenvalue weighted by atomic mass is 31.2. The van der Waals surface area contributed by atoms with Crippen molar-refractivity contribution in [1.29, 1.82) is 5.26 Å². The molecule has 0 aromatic carbocycles. The van der Waals surface area contributed by atoms with Crippen LogP contribution in [0.5, 0.6) is 0 Å². The number of hydrogen-bond acceptors (Lipinski definition) is 10. The van der Waals surface area contributed by atoms with E-state index in [-0.39, 0.29) is 37.7 Å². The van der Waals surface area contributed by atoms with Gasteiger partial charge in [0.05, 0.1) is 31.8 Å². The third-order valence-electron chi connectivity index (χ3n) is 4.30. The number of nitriles is 1. The molecule has 0 amide bonds. The third-order valence-corrected chi connectivity index (χ3v) is 6.46. The third kappa shape index (κ3) is 6.15. The normalized spacial score (nSPS) is 23.1. The zero-order valence-corrected chi connectivity index (χ0v) is 18.0. The largest absolute Gasteiger partial charge is 0.394 e. The Morgan fingerprint density at radius 2 is 2.17 bits per heavy atom. The first-order valence-electron chi connectivity index (χ1n) is 9.50. The topological polar surface area (TPSA) is 149 Å². The molecular formula is C17H29N6O5P. The van der Waals surface area contributed by atoms with Crippen molar-refractivity contribution in [3.8, 4) is 6.07 Å². The molecule has 1 aromatic heterocycles. The molecule has 3 N–H and O–H groups in total. The van der Waals surface area contributed by atoms with Crippen molar-refractivity contribution in [2.45, 2.75) is 71.1 Å². The number of nitrogens with two attached hydrogens (primary N) is 1. The first-order valence-corrected chi connectivity index (χ1v) is 10.6. The fourth-order valence-electron chi connectivity index (χ4n) is 3.11. The van der Waals surface area contributed by atoms with Crippen LogP contribution in [0.1, 0.15) is 46.8 Å². The summed E-state index contributed by atoms with van der Waals surface area (Å²) < 4.78 is 21.3. The lowest BCUT2D eigenvalue weighted by molar-refractivity contribution is -0.0442. The summed E-state index contributed by atoms with van der Waals surface area (Å²) in [5, 5.41) is 18.6. The van der Waals surface area contributed by atoms with Crippen LogP contribution in [0.25, 0.3) is 0 Å². The van der Waals surface area contributed by atoms with E-state index in [1.807, 2.05) is 27.7 Å². The number of ether oxygens (including phenoxy) is 1. The molecule has 1 fully saturated rings. The number of aliphatic hydroxyl groups is 1. The van der Waals surface area contributed by atoms with Crippen LogP contribution < -0.4 is 11.4 Å². The van der Waals surface area contributed by atoms with Gasteiger partial charge in [-0.15, -0.1) is 0 Å². The molecule has 12 heteroatoms. The molecule has 1 saturated heterocycles. The van der Waals surface area contributed by atoms with Gasteiger partial charge in [0.1, 0.15) is 18.7 Å². The number of anilines is 1. The number of aliphatic hydroxyl groups excluding tert-OH is 1. The summed E-state index contributed by atoms with van der Waals surface area (Å²) in [7, 11) is -1.51. The number of nitrogen functional groups attached to an aromatic ring is 1. The molecule has 1 aliphatic rings. The van der Waals surface area contributed by atoms with Crippen LogP contribution in [0, 0.1) is 11.3 Å². The first kappa shape index (κ1) is 23.6. The molecule has 1 aromatic rings. The van der Waals surface area contributed by atoms with E-state index in [0.717, 1.165) is 0 Å². The molecule has 0 saturated carbocycles. The van der Waals surface area contributed by atoms with Crippen molar-refractivity contribution in [3.63, 3.8) is 0 Å². The van der Waals surface area contributed by atoms with Crippen molar-refractivity contribution in [2.24, 2.45) is 0 Å². The minimum Gasteiger partial charge on any atom is -0.394 e. The van der Waals surface area contributed by atoms with E-state index in [4.69, 9.17) is 24.8 Å². The summed E-state index contributed by atoms with van der Waals surface area (Å²) in [5.74, 6) is -0.116.